The van der Waals surface area contributed by atoms with E-state index in [1.807, 2.05) is 19.1 Å². The van der Waals surface area contributed by atoms with Gasteiger partial charge in [0.15, 0.2) is 6.79 Å². The molecule has 82 valence electrons. The highest BCUT2D eigenvalue weighted by molar-refractivity contribution is 5.45. The van der Waals surface area contributed by atoms with E-state index in [2.05, 4.69) is 0 Å². The first-order valence-electron chi connectivity index (χ1n) is 4.93. The highest BCUT2D eigenvalue weighted by Gasteiger charge is 2.17. The lowest BCUT2D eigenvalue weighted by Crippen LogP contribution is -2.19. The molecule has 4 nitrogen and oxygen atoms in total. The van der Waals surface area contributed by atoms with Gasteiger partial charge in [-0.25, -0.2) is 0 Å². The zero-order valence-corrected chi connectivity index (χ0v) is 8.69. The second kappa shape index (κ2) is 4.18. The molecule has 0 aliphatic carbocycles. The van der Waals surface area contributed by atoms with Gasteiger partial charge >= 0.3 is 0 Å². The van der Waals surface area contributed by atoms with Gasteiger partial charge in [-0.1, -0.05) is 6.07 Å². The molecule has 0 saturated heterocycles. The van der Waals surface area contributed by atoms with Crippen molar-refractivity contribution in [2.45, 2.75) is 19.6 Å². The van der Waals surface area contributed by atoms with E-state index in [4.69, 9.17) is 20.3 Å². The Morgan fingerprint density at radius 1 is 1.53 bits per heavy atom. The Bertz CT molecular complexity index is 365. The summed E-state index contributed by atoms with van der Waals surface area (Å²) in [6.45, 7) is 2.77. The minimum Gasteiger partial charge on any atom is -0.467 e. The molecule has 2 rings (SSSR count). The summed E-state index contributed by atoms with van der Waals surface area (Å²) in [5, 5.41) is 9.03. The molecule has 0 radical (unpaired) electrons. The van der Waals surface area contributed by atoms with Crippen molar-refractivity contribution in [1.29, 1.82) is 0 Å². The third kappa shape index (κ3) is 1.84. The van der Waals surface area contributed by atoms with E-state index in [0.29, 0.717) is 13.4 Å². The summed E-state index contributed by atoms with van der Waals surface area (Å²) in [6.07, 6.45) is 0. The Kier molecular flexibility index (Phi) is 2.90. The lowest BCUT2D eigenvalue weighted by atomic mass is 9.97. The number of hydrogen-bond donors (Lipinski definition) is 2. The van der Waals surface area contributed by atoms with Crippen molar-refractivity contribution in [2.24, 2.45) is 5.73 Å². The summed E-state index contributed by atoms with van der Waals surface area (Å²) in [5.74, 6) is 0.854. The van der Waals surface area contributed by atoms with Crippen molar-refractivity contribution < 1.29 is 14.6 Å². The Morgan fingerprint density at radius 2 is 2.33 bits per heavy atom. The van der Waals surface area contributed by atoms with Crippen molar-refractivity contribution in [2.75, 3.05) is 13.4 Å². The summed E-state index contributed by atoms with van der Waals surface area (Å²) in [4.78, 5) is 0. The summed E-state index contributed by atoms with van der Waals surface area (Å²) in [5.41, 5.74) is 8.83. The molecular weight excluding hydrogens is 194 g/mol. The summed E-state index contributed by atoms with van der Waals surface area (Å²) < 4.78 is 10.6. The molecule has 1 heterocycles. The zero-order chi connectivity index (χ0) is 10.8. The van der Waals surface area contributed by atoms with Crippen LogP contribution in [0.4, 0.5) is 0 Å². The zero-order valence-electron chi connectivity index (χ0n) is 8.69. The molecule has 3 N–H and O–H groups in total. The largest absolute Gasteiger partial charge is 0.467 e. The average molecular weight is 209 g/mol. The van der Waals surface area contributed by atoms with Gasteiger partial charge < -0.3 is 20.3 Å². The minimum absolute atomic E-state index is 0.0542. The first-order chi connectivity index (χ1) is 7.24. The van der Waals surface area contributed by atoms with Crippen molar-refractivity contribution >= 4 is 0 Å². The van der Waals surface area contributed by atoms with Gasteiger partial charge in [0, 0.05) is 5.56 Å². The number of rotatable bonds is 2. The molecule has 0 fully saturated rings. The van der Waals surface area contributed by atoms with Crippen LogP contribution >= 0.6 is 0 Å². The molecule has 15 heavy (non-hydrogen) atoms. The molecule has 1 aromatic carbocycles. The molecule has 1 atom stereocenters. The van der Waals surface area contributed by atoms with E-state index in [1.54, 1.807) is 0 Å². The lowest BCUT2D eigenvalue weighted by Gasteiger charge is -2.22. The van der Waals surface area contributed by atoms with E-state index in [1.165, 1.54) is 0 Å². The molecule has 0 spiro atoms. The minimum atomic E-state index is -0.336. The molecule has 1 aliphatic heterocycles. The Hall–Kier alpha value is -1.10. The Labute approximate surface area is 88.6 Å². The van der Waals surface area contributed by atoms with Crippen LogP contribution in [0.5, 0.6) is 5.75 Å². The second-order valence-electron chi connectivity index (χ2n) is 3.66. The maximum absolute atomic E-state index is 9.03. The molecular formula is C11H15NO3. The van der Waals surface area contributed by atoms with E-state index in [9.17, 15) is 0 Å². The SMILES string of the molecule is Cc1c(C(N)CO)ccc2c1COCO2. The molecule has 1 unspecified atom stereocenters. The standard InChI is InChI=1S/C11H15NO3/c1-7-8(10(12)4-13)2-3-11-9(7)5-14-6-15-11/h2-3,10,13H,4-6,12H2,1H3. The van der Waals surface area contributed by atoms with Crippen molar-refractivity contribution in [3.63, 3.8) is 0 Å². The summed E-state index contributed by atoms with van der Waals surface area (Å²) in [6, 6.07) is 3.45. The quantitative estimate of drug-likeness (QED) is 0.758. The monoisotopic (exact) mass is 209 g/mol. The van der Waals surface area contributed by atoms with E-state index < -0.39 is 0 Å². The summed E-state index contributed by atoms with van der Waals surface area (Å²) >= 11 is 0. The topological polar surface area (TPSA) is 64.7 Å². The van der Waals surface area contributed by atoms with E-state index >= 15 is 0 Å². The van der Waals surface area contributed by atoms with Crippen molar-refractivity contribution in [1.82, 2.24) is 0 Å². The number of fused-ring (bicyclic) bond motifs is 1. The second-order valence-corrected chi connectivity index (χ2v) is 3.66. The van der Waals surface area contributed by atoms with Gasteiger partial charge in [-0.2, -0.15) is 0 Å². The summed E-state index contributed by atoms with van der Waals surface area (Å²) in [7, 11) is 0. The van der Waals surface area contributed by atoms with E-state index in [-0.39, 0.29) is 12.6 Å². The maximum atomic E-state index is 9.03. The smallest absolute Gasteiger partial charge is 0.189 e. The third-order valence-corrected chi connectivity index (χ3v) is 2.74. The van der Waals surface area contributed by atoms with Crippen LogP contribution < -0.4 is 10.5 Å². The molecule has 0 aromatic heterocycles. The van der Waals surface area contributed by atoms with Crippen LogP contribution in [-0.2, 0) is 11.3 Å². The predicted octanol–water partition coefficient (Wildman–Crippen LogP) is 0.854. The van der Waals surface area contributed by atoms with Gasteiger partial charge in [-0.3, -0.25) is 0 Å². The fourth-order valence-electron chi connectivity index (χ4n) is 1.81. The maximum Gasteiger partial charge on any atom is 0.189 e. The van der Waals surface area contributed by atoms with Crippen molar-refractivity contribution in [3.05, 3.63) is 28.8 Å². The number of ether oxygens (including phenoxy) is 2. The van der Waals surface area contributed by atoms with Crippen LogP contribution in [0.1, 0.15) is 22.7 Å². The van der Waals surface area contributed by atoms with E-state index in [0.717, 1.165) is 22.4 Å². The predicted molar refractivity (Wildman–Crippen MR) is 55.5 cm³/mol. The number of hydrogen-bond acceptors (Lipinski definition) is 4. The van der Waals surface area contributed by atoms with Crippen LogP contribution in [0.15, 0.2) is 12.1 Å². The van der Waals surface area contributed by atoms with Gasteiger partial charge in [0.25, 0.3) is 0 Å². The van der Waals surface area contributed by atoms with Gasteiger partial charge in [0.05, 0.1) is 19.3 Å². The number of nitrogens with two attached hydrogens (primary N) is 1. The van der Waals surface area contributed by atoms with Crippen LogP contribution in [-0.4, -0.2) is 18.5 Å². The fourth-order valence-corrected chi connectivity index (χ4v) is 1.81. The highest BCUT2D eigenvalue weighted by atomic mass is 16.7. The molecule has 0 amide bonds. The number of aliphatic hydroxyl groups excluding tert-OH is 1. The van der Waals surface area contributed by atoms with Crippen LogP contribution in [0, 0.1) is 6.92 Å². The van der Waals surface area contributed by atoms with Gasteiger partial charge in [0.1, 0.15) is 5.75 Å². The highest BCUT2D eigenvalue weighted by Crippen LogP contribution is 2.30. The number of aliphatic hydroxyl groups is 1. The Balaban J connectivity index is 2.43. The number of benzene rings is 1. The molecule has 4 heteroatoms. The van der Waals surface area contributed by atoms with Crippen LogP contribution in [0.2, 0.25) is 0 Å². The molecule has 1 aromatic rings. The van der Waals surface area contributed by atoms with Crippen LogP contribution in [0.25, 0.3) is 0 Å². The fraction of sp³-hybridized carbons (Fsp3) is 0.455. The average Bonchev–Trinajstić information content (AvgIpc) is 2.29. The molecule has 0 bridgehead atoms. The van der Waals surface area contributed by atoms with Crippen molar-refractivity contribution in [3.8, 4) is 5.75 Å². The first kappa shape index (κ1) is 10.4. The molecule has 1 aliphatic rings. The third-order valence-electron chi connectivity index (χ3n) is 2.74. The Morgan fingerprint density at radius 3 is 3.07 bits per heavy atom. The molecule has 0 saturated carbocycles. The van der Waals surface area contributed by atoms with Gasteiger partial charge in [-0.15, -0.1) is 0 Å². The lowest BCUT2D eigenvalue weighted by molar-refractivity contribution is -0.0167. The normalized spacial score (nSPS) is 16.7. The first-order valence-corrected chi connectivity index (χ1v) is 4.93. The van der Waals surface area contributed by atoms with Gasteiger partial charge in [-0.05, 0) is 24.1 Å². The van der Waals surface area contributed by atoms with Crippen LogP contribution in [0.3, 0.4) is 0 Å². The van der Waals surface area contributed by atoms with Gasteiger partial charge in [0.2, 0.25) is 0 Å².